The summed E-state index contributed by atoms with van der Waals surface area (Å²) in [6.45, 7) is 4.62. The van der Waals surface area contributed by atoms with Crippen LogP contribution in [-0.4, -0.2) is 84.9 Å². The maximum absolute atomic E-state index is 13.4. The molecule has 2 amide bonds. The molecule has 0 aliphatic rings. The molecular weight excluding hydrogens is 545 g/mol. The first-order valence-electron chi connectivity index (χ1n) is 11.5. The molecule has 0 aliphatic heterocycles. The highest BCUT2D eigenvalue weighted by Crippen LogP contribution is 2.26. The first-order chi connectivity index (χ1) is 17.3. The van der Waals surface area contributed by atoms with Crippen LogP contribution in [0.15, 0.2) is 16.8 Å². The minimum atomic E-state index is -0.957. The molecule has 36 heavy (non-hydrogen) atoms. The molecule has 1 aromatic rings. The molecule has 0 saturated carbocycles. The summed E-state index contributed by atoms with van der Waals surface area (Å²) in [6, 6.07) is 1.98. The fourth-order valence-corrected chi connectivity index (χ4v) is 6.16. The van der Waals surface area contributed by atoms with Crippen LogP contribution in [-0.2, 0) is 35.0 Å². The number of hydrogen-bond donors (Lipinski definition) is 1. The molecule has 1 rings (SSSR count). The van der Waals surface area contributed by atoms with E-state index in [1.807, 2.05) is 28.6 Å². The number of hydrogen-bond acceptors (Lipinski definition) is 12. The van der Waals surface area contributed by atoms with E-state index in [2.05, 4.69) is 11.6 Å². The zero-order valence-corrected chi connectivity index (χ0v) is 24.5. The topological polar surface area (TPSA) is 111 Å². The van der Waals surface area contributed by atoms with Crippen molar-refractivity contribution < 1.29 is 33.4 Å². The van der Waals surface area contributed by atoms with Gasteiger partial charge in [0, 0.05) is 26.1 Å². The van der Waals surface area contributed by atoms with E-state index in [9.17, 15) is 19.2 Å². The molecule has 1 N–H and O–H groups in total. The Labute approximate surface area is 229 Å². The third-order valence-corrected chi connectivity index (χ3v) is 8.35. The molecule has 1 heterocycles. The summed E-state index contributed by atoms with van der Waals surface area (Å²) in [4.78, 5) is 49.6. The molecule has 0 saturated heterocycles. The van der Waals surface area contributed by atoms with Gasteiger partial charge in [-0.15, -0.1) is 0 Å². The lowest BCUT2D eigenvalue weighted by atomic mass is 10.0. The average molecular weight is 581 g/mol. The minimum Gasteiger partial charge on any atom is -0.462 e. The second-order valence-electron chi connectivity index (χ2n) is 7.62. The fourth-order valence-electron chi connectivity index (χ4n) is 2.94. The van der Waals surface area contributed by atoms with E-state index >= 15 is 0 Å². The number of carbonyl (C=O) groups is 4. The van der Waals surface area contributed by atoms with Gasteiger partial charge in [0.25, 0.3) is 0 Å². The molecule has 1 aromatic heterocycles. The van der Waals surface area contributed by atoms with E-state index in [0.717, 1.165) is 35.1 Å². The smallest absolute Gasteiger partial charge is 0.416 e. The lowest BCUT2D eigenvalue weighted by Gasteiger charge is -2.25. The normalized spacial score (nSPS) is 12.4. The Morgan fingerprint density at radius 3 is 2.47 bits per heavy atom. The van der Waals surface area contributed by atoms with E-state index in [0.29, 0.717) is 12.2 Å². The molecule has 9 nitrogen and oxygen atoms in total. The highest BCUT2D eigenvalue weighted by molar-refractivity contribution is 8.76. The van der Waals surface area contributed by atoms with Crippen molar-refractivity contribution in [3.63, 3.8) is 0 Å². The van der Waals surface area contributed by atoms with Gasteiger partial charge in [-0.05, 0) is 60.7 Å². The van der Waals surface area contributed by atoms with Gasteiger partial charge >= 0.3 is 18.0 Å². The number of esters is 2. The predicted octanol–water partition coefficient (Wildman–Crippen LogP) is 4.07. The molecule has 0 radical (unpaired) electrons. The molecule has 204 valence electrons. The van der Waals surface area contributed by atoms with Crippen LogP contribution in [0, 0.1) is 5.92 Å². The van der Waals surface area contributed by atoms with E-state index in [1.165, 1.54) is 13.8 Å². The Morgan fingerprint density at radius 1 is 1.11 bits per heavy atom. The van der Waals surface area contributed by atoms with Crippen LogP contribution in [0.2, 0.25) is 0 Å². The Morgan fingerprint density at radius 2 is 1.86 bits per heavy atom. The van der Waals surface area contributed by atoms with Crippen LogP contribution in [0.5, 0.6) is 0 Å². The molecule has 13 heteroatoms. The zero-order chi connectivity index (χ0) is 26.8. The van der Waals surface area contributed by atoms with Crippen LogP contribution < -0.4 is 5.32 Å². The van der Waals surface area contributed by atoms with E-state index in [4.69, 9.17) is 14.2 Å². The molecular formula is C23H36N2O7S4. The number of thiophene rings is 1. The van der Waals surface area contributed by atoms with Gasteiger partial charge in [0.2, 0.25) is 5.91 Å². The summed E-state index contributed by atoms with van der Waals surface area (Å²) in [6.07, 6.45) is 1.93. The average Bonchev–Trinajstić information content (AvgIpc) is 3.35. The summed E-state index contributed by atoms with van der Waals surface area (Å²) in [5.41, 5.74) is 1.04. The maximum Gasteiger partial charge on any atom is 0.416 e. The minimum absolute atomic E-state index is 0.134. The molecule has 0 aromatic carbocycles. The van der Waals surface area contributed by atoms with Crippen molar-refractivity contribution in [2.45, 2.75) is 39.7 Å². The van der Waals surface area contributed by atoms with Crippen molar-refractivity contribution in [1.82, 2.24) is 10.2 Å². The number of thioether (sulfide) groups is 1. The Bertz CT molecular complexity index is 795. The number of ether oxygens (including phenoxy) is 3. The van der Waals surface area contributed by atoms with Gasteiger partial charge in [0.1, 0.15) is 13.2 Å². The van der Waals surface area contributed by atoms with E-state index in [-0.39, 0.29) is 25.7 Å². The fraction of sp³-hybridized carbons (Fsp3) is 0.652. The summed E-state index contributed by atoms with van der Waals surface area (Å²) in [7, 11) is 3.25. The first kappa shape index (κ1) is 32.6. The first-order valence-corrected chi connectivity index (χ1v) is 16.3. The Kier molecular flexibility index (Phi) is 17.8. The Balaban J connectivity index is 2.70. The third kappa shape index (κ3) is 14.4. The van der Waals surface area contributed by atoms with Crippen LogP contribution >= 0.6 is 44.7 Å². The predicted molar refractivity (Wildman–Crippen MR) is 148 cm³/mol. The second-order valence-corrected chi connectivity index (χ2v) is 11.9. The van der Waals surface area contributed by atoms with Crippen molar-refractivity contribution in [3.05, 3.63) is 22.4 Å². The SMILES string of the molecule is CCN(C(=O)OCC(COC(C)=O)OC(C)=O)C(=O)C(CSSCNCCCSC)Cc1ccsc1. The highest BCUT2D eigenvalue weighted by atomic mass is 33.1. The highest BCUT2D eigenvalue weighted by Gasteiger charge is 2.30. The number of nitrogens with one attached hydrogen (secondary N) is 1. The van der Waals surface area contributed by atoms with Gasteiger partial charge in [-0.3, -0.25) is 14.4 Å². The molecule has 2 unspecified atom stereocenters. The van der Waals surface area contributed by atoms with Gasteiger partial charge in [-0.2, -0.15) is 23.1 Å². The van der Waals surface area contributed by atoms with Crippen LogP contribution in [0.3, 0.4) is 0 Å². The number of amides is 2. The Hall–Kier alpha value is -1.41. The molecule has 0 spiro atoms. The summed E-state index contributed by atoms with van der Waals surface area (Å²) in [5.74, 6) is 0.554. The van der Waals surface area contributed by atoms with Gasteiger partial charge in [0.05, 0.1) is 11.8 Å². The summed E-state index contributed by atoms with van der Waals surface area (Å²) < 4.78 is 15.2. The standard InChI is InChI=1S/C23H36N2O7S4/c1-5-25(23(29)31-13-21(32-18(3)27)12-30-17(2)26)22(28)20(11-19-7-10-34-14-19)15-35-36-16-24-8-6-9-33-4/h7,10,14,20-21,24H,5-6,8-9,11-13,15-16H2,1-4H3. The maximum atomic E-state index is 13.4. The van der Waals surface area contributed by atoms with Gasteiger partial charge in [0.15, 0.2) is 6.10 Å². The monoisotopic (exact) mass is 580 g/mol. The molecule has 0 aliphatic carbocycles. The molecule has 0 fully saturated rings. The third-order valence-electron chi connectivity index (χ3n) is 4.63. The van der Waals surface area contributed by atoms with Gasteiger partial charge < -0.3 is 19.5 Å². The molecule has 0 bridgehead atoms. The van der Waals surface area contributed by atoms with Crippen molar-refractivity contribution in [2.75, 3.05) is 49.9 Å². The number of nitrogens with zero attached hydrogens (tertiary/aromatic N) is 1. The van der Waals surface area contributed by atoms with Crippen LogP contribution in [0.25, 0.3) is 0 Å². The summed E-state index contributed by atoms with van der Waals surface area (Å²) >= 11 is 3.38. The lowest BCUT2D eigenvalue weighted by molar-refractivity contribution is -0.159. The van der Waals surface area contributed by atoms with Crippen molar-refractivity contribution in [2.24, 2.45) is 5.92 Å². The van der Waals surface area contributed by atoms with Crippen LogP contribution in [0.4, 0.5) is 4.79 Å². The van der Waals surface area contributed by atoms with Gasteiger partial charge in [-0.25, -0.2) is 9.69 Å². The largest absolute Gasteiger partial charge is 0.462 e. The second kappa shape index (κ2) is 19.7. The van der Waals surface area contributed by atoms with Crippen LogP contribution in [0.1, 0.15) is 32.8 Å². The van der Waals surface area contributed by atoms with Crippen molar-refractivity contribution in [3.8, 4) is 0 Å². The quantitative estimate of drug-likeness (QED) is 0.0892. The zero-order valence-electron chi connectivity index (χ0n) is 21.2. The van der Waals surface area contributed by atoms with E-state index in [1.54, 1.807) is 39.8 Å². The lowest BCUT2D eigenvalue weighted by Crippen LogP contribution is -2.43. The van der Waals surface area contributed by atoms with Crippen molar-refractivity contribution in [1.29, 1.82) is 0 Å². The number of imide groups is 1. The van der Waals surface area contributed by atoms with E-state index < -0.39 is 30.1 Å². The number of rotatable bonds is 18. The molecule has 2 atom stereocenters. The van der Waals surface area contributed by atoms with Crippen molar-refractivity contribution >= 4 is 68.6 Å². The number of carbonyl (C=O) groups excluding carboxylic acids is 4. The summed E-state index contributed by atoms with van der Waals surface area (Å²) in [5, 5.41) is 7.33. The van der Waals surface area contributed by atoms with Gasteiger partial charge in [-0.1, -0.05) is 21.6 Å².